The summed E-state index contributed by atoms with van der Waals surface area (Å²) in [6, 6.07) is 15.5. The van der Waals surface area contributed by atoms with E-state index in [2.05, 4.69) is 25.2 Å². The molecular weight excluding hydrogens is 368 g/mol. The largest absolute Gasteiger partial charge is 0.493 e. The molecule has 2 aromatic carbocycles. The lowest BCUT2D eigenvalue weighted by atomic mass is 10.0. The predicted octanol–water partition coefficient (Wildman–Crippen LogP) is 3.85. The Morgan fingerprint density at radius 2 is 1.79 bits per heavy atom. The van der Waals surface area contributed by atoms with Crippen LogP contribution in [0.1, 0.15) is 37.3 Å². The van der Waals surface area contributed by atoms with Gasteiger partial charge in [-0.3, -0.25) is 4.79 Å². The standard InChI is InChI=1S/C23H28N2O4/c1-17(2)19-8-4-5-9-20(19)28-15-16-29-23-18(7-6-10-21(23)27-3)12-14-25-22(26)11-13-24/h4-10,17H,11-12,14-16H2,1-3H3,(H,25,26). The quantitative estimate of drug-likeness (QED) is 0.584. The zero-order valence-electron chi connectivity index (χ0n) is 17.2. The van der Waals surface area contributed by atoms with Gasteiger partial charge in [0.05, 0.1) is 13.2 Å². The lowest BCUT2D eigenvalue weighted by Gasteiger charge is -2.17. The summed E-state index contributed by atoms with van der Waals surface area (Å²) in [7, 11) is 1.59. The van der Waals surface area contributed by atoms with Crippen LogP contribution in [0.3, 0.4) is 0 Å². The molecule has 2 rings (SSSR count). The molecule has 29 heavy (non-hydrogen) atoms. The highest BCUT2D eigenvalue weighted by molar-refractivity contribution is 5.77. The smallest absolute Gasteiger partial charge is 0.234 e. The van der Waals surface area contributed by atoms with Crippen LogP contribution in [0.15, 0.2) is 42.5 Å². The molecule has 0 heterocycles. The van der Waals surface area contributed by atoms with Crippen molar-refractivity contribution in [2.75, 3.05) is 26.9 Å². The van der Waals surface area contributed by atoms with E-state index in [4.69, 9.17) is 19.5 Å². The minimum atomic E-state index is -0.282. The molecule has 0 spiro atoms. The van der Waals surface area contributed by atoms with Crippen LogP contribution in [0.2, 0.25) is 0 Å². The summed E-state index contributed by atoms with van der Waals surface area (Å²) in [5.41, 5.74) is 2.09. The van der Waals surface area contributed by atoms with Crippen LogP contribution in [0, 0.1) is 11.3 Å². The summed E-state index contributed by atoms with van der Waals surface area (Å²) >= 11 is 0. The van der Waals surface area contributed by atoms with E-state index in [9.17, 15) is 4.79 Å². The molecule has 6 heteroatoms. The number of ether oxygens (including phenoxy) is 3. The van der Waals surface area contributed by atoms with Gasteiger partial charge >= 0.3 is 0 Å². The highest BCUT2D eigenvalue weighted by atomic mass is 16.5. The lowest BCUT2D eigenvalue weighted by molar-refractivity contribution is -0.120. The molecule has 2 aromatic rings. The maximum atomic E-state index is 11.5. The number of nitrogens with zero attached hydrogens (tertiary/aromatic N) is 1. The van der Waals surface area contributed by atoms with E-state index in [0.717, 1.165) is 11.3 Å². The van der Waals surface area contributed by atoms with Crippen LogP contribution in [-0.2, 0) is 11.2 Å². The van der Waals surface area contributed by atoms with E-state index in [1.165, 1.54) is 5.56 Å². The first kappa shape index (κ1) is 22.1. The van der Waals surface area contributed by atoms with Gasteiger partial charge in [0, 0.05) is 6.54 Å². The number of carbonyl (C=O) groups excluding carboxylic acids is 1. The van der Waals surface area contributed by atoms with Gasteiger partial charge in [-0.2, -0.15) is 5.26 Å². The molecule has 0 saturated heterocycles. The first-order valence-corrected chi connectivity index (χ1v) is 9.70. The van der Waals surface area contributed by atoms with Crippen molar-refractivity contribution in [3.8, 4) is 23.3 Å². The Morgan fingerprint density at radius 3 is 2.52 bits per heavy atom. The molecule has 0 unspecified atom stereocenters. The van der Waals surface area contributed by atoms with Crippen LogP contribution in [0.25, 0.3) is 0 Å². The number of benzene rings is 2. The first-order valence-electron chi connectivity index (χ1n) is 9.70. The summed E-state index contributed by atoms with van der Waals surface area (Å²) in [4.78, 5) is 11.5. The number of rotatable bonds is 11. The number of hydrogen-bond donors (Lipinski definition) is 1. The predicted molar refractivity (Wildman–Crippen MR) is 111 cm³/mol. The van der Waals surface area contributed by atoms with Crippen molar-refractivity contribution in [3.63, 3.8) is 0 Å². The van der Waals surface area contributed by atoms with Crippen molar-refractivity contribution in [2.45, 2.75) is 32.6 Å². The highest BCUT2D eigenvalue weighted by Gasteiger charge is 2.12. The minimum Gasteiger partial charge on any atom is -0.493 e. The van der Waals surface area contributed by atoms with E-state index < -0.39 is 0 Å². The van der Waals surface area contributed by atoms with Gasteiger partial charge in [0.15, 0.2) is 11.5 Å². The SMILES string of the molecule is COc1cccc(CCNC(=O)CC#N)c1OCCOc1ccccc1C(C)C. The molecule has 0 saturated carbocycles. The minimum absolute atomic E-state index is 0.142. The Bertz CT molecular complexity index is 843. The average Bonchev–Trinajstić information content (AvgIpc) is 2.72. The fourth-order valence-electron chi connectivity index (χ4n) is 2.94. The van der Waals surface area contributed by atoms with Crippen LogP contribution in [0.5, 0.6) is 17.2 Å². The zero-order valence-corrected chi connectivity index (χ0v) is 17.2. The van der Waals surface area contributed by atoms with Gasteiger partial charge in [-0.25, -0.2) is 0 Å². The number of nitriles is 1. The fourth-order valence-corrected chi connectivity index (χ4v) is 2.94. The van der Waals surface area contributed by atoms with Gasteiger partial charge in [0.2, 0.25) is 5.91 Å². The second-order valence-electron chi connectivity index (χ2n) is 6.77. The van der Waals surface area contributed by atoms with Crippen LogP contribution in [0.4, 0.5) is 0 Å². The van der Waals surface area contributed by atoms with Gasteiger partial charge in [-0.1, -0.05) is 44.2 Å². The number of amides is 1. The molecule has 1 amide bonds. The van der Waals surface area contributed by atoms with Crippen molar-refractivity contribution in [1.82, 2.24) is 5.32 Å². The number of para-hydroxylation sites is 2. The Morgan fingerprint density at radius 1 is 1.07 bits per heavy atom. The summed E-state index contributed by atoms with van der Waals surface area (Å²) in [6.45, 7) is 5.45. The molecule has 0 radical (unpaired) electrons. The van der Waals surface area contributed by atoms with Crippen molar-refractivity contribution >= 4 is 5.91 Å². The van der Waals surface area contributed by atoms with E-state index in [0.29, 0.717) is 43.6 Å². The van der Waals surface area contributed by atoms with Crippen LogP contribution >= 0.6 is 0 Å². The summed E-state index contributed by atoms with van der Waals surface area (Å²) < 4.78 is 17.3. The fraction of sp³-hybridized carbons (Fsp3) is 0.391. The number of hydrogen-bond acceptors (Lipinski definition) is 5. The molecule has 0 bridgehead atoms. The molecule has 0 aliphatic heterocycles. The molecule has 6 nitrogen and oxygen atoms in total. The third-order valence-corrected chi connectivity index (χ3v) is 4.36. The maximum Gasteiger partial charge on any atom is 0.234 e. The van der Waals surface area contributed by atoms with Gasteiger partial charge < -0.3 is 19.5 Å². The topological polar surface area (TPSA) is 80.6 Å². The van der Waals surface area contributed by atoms with Crippen LogP contribution < -0.4 is 19.5 Å². The Hall–Kier alpha value is -3.20. The highest BCUT2D eigenvalue weighted by Crippen LogP contribution is 2.31. The van der Waals surface area contributed by atoms with Crippen molar-refractivity contribution in [1.29, 1.82) is 5.26 Å². The molecule has 0 aliphatic carbocycles. The normalized spacial score (nSPS) is 10.3. The average molecular weight is 396 g/mol. The van der Waals surface area contributed by atoms with Gasteiger partial charge in [0.25, 0.3) is 0 Å². The second kappa shape index (κ2) is 11.6. The second-order valence-corrected chi connectivity index (χ2v) is 6.77. The van der Waals surface area contributed by atoms with Crippen molar-refractivity contribution < 1.29 is 19.0 Å². The Balaban J connectivity index is 1.95. The summed E-state index contributed by atoms with van der Waals surface area (Å²) in [5.74, 6) is 2.24. The summed E-state index contributed by atoms with van der Waals surface area (Å²) in [5, 5.41) is 11.3. The number of methoxy groups -OCH3 is 1. The van der Waals surface area contributed by atoms with E-state index in [-0.39, 0.29) is 12.3 Å². The number of carbonyl (C=O) groups is 1. The van der Waals surface area contributed by atoms with Gasteiger partial charge in [-0.15, -0.1) is 0 Å². The molecule has 0 fully saturated rings. The van der Waals surface area contributed by atoms with E-state index in [1.807, 2.05) is 42.5 Å². The Labute approximate surface area is 172 Å². The monoisotopic (exact) mass is 396 g/mol. The van der Waals surface area contributed by atoms with E-state index >= 15 is 0 Å². The zero-order chi connectivity index (χ0) is 21.1. The summed E-state index contributed by atoms with van der Waals surface area (Å²) in [6.07, 6.45) is 0.428. The maximum absolute atomic E-state index is 11.5. The molecule has 1 N–H and O–H groups in total. The Kier molecular flexibility index (Phi) is 8.84. The molecule has 0 aliphatic rings. The third kappa shape index (κ3) is 6.72. The van der Waals surface area contributed by atoms with Crippen LogP contribution in [-0.4, -0.2) is 32.8 Å². The molecule has 154 valence electrons. The molecule has 0 aromatic heterocycles. The molecular formula is C23H28N2O4. The van der Waals surface area contributed by atoms with Crippen molar-refractivity contribution in [2.24, 2.45) is 0 Å². The van der Waals surface area contributed by atoms with Gasteiger partial charge in [-0.05, 0) is 35.6 Å². The lowest BCUT2D eigenvalue weighted by Crippen LogP contribution is -2.25. The molecule has 0 atom stereocenters. The third-order valence-electron chi connectivity index (χ3n) is 4.36. The first-order chi connectivity index (χ1) is 14.1. The van der Waals surface area contributed by atoms with Gasteiger partial charge in [0.1, 0.15) is 25.4 Å². The van der Waals surface area contributed by atoms with E-state index in [1.54, 1.807) is 7.11 Å². The van der Waals surface area contributed by atoms with Crippen molar-refractivity contribution in [3.05, 3.63) is 53.6 Å². The number of nitrogens with one attached hydrogen (secondary N) is 1.